The first-order valence-electron chi connectivity index (χ1n) is 4.11. The van der Waals surface area contributed by atoms with Gasteiger partial charge in [-0.15, -0.1) is 0 Å². The van der Waals surface area contributed by atoms with E-state index in [0.717, 1.165) is 5.75 Å². The topological polar surface area (TPSA) is 35.5 Å². The van der Waals surface area contributed by atoms with Crippen LogP contribution in [0.5, 0.6) is 11.5 Å². The van der Waals surface area contributed by atoms with E-state index in [2.05, 4.69) is 0 Å². The molecule has 1 rings (SSSR count). The minimum absolute atomic E-state index is 0.231. The number of esters is 1. The van der Waals surface area contributed by atoms with Gasteiger partial charge in [0.15, 0.2) is 0 Å². The van der Waals surface area contributed by atoms with Gasteiger partial charge in [-0.05, 0) is 24.3 Å². The number of hydrogen-bond donors (Lipinski definition) is 0. The highest BCUT2D eigenvalue weighted by Crippen LogP contribution is 2.17. The Morgan fingerprint density at radius 1 is 1.23 bits per heavy atom. The van der Waals surface area contributed by atoms with Crippen LogP contribution in [-0.4, -0.2) is 13.1 Å². The van der Waals surface area contributed by atoms with Crippen molar-refractivity contribution >= 4 is 5.97 Å². The van der Waals surface area contributed by atoms with Crippen LogP contribution >= 0.6 is 0 Å². The number of methoxy groups -OCH3 is 1. The van der Waals surface area contributed by atoms with E-state index in [1.165, 1.54) is 0 Å². The van der Waals surface area contributed by atoms with Gasteiger partial charge in [-0.2, -0.15) is 0 Å². The Balaban J connectivity index is 2.64. The third-order valence-corrected chi connectivity index (χ3v) is 1.58. The van der Waals surface area contributed by atoms with Crippen LogP contribution in [0, 0.1) is 0 Å². The molecule has 0 bridgehead atoms. The molecule has 70 valence electrons. The van der Waals surface area contributed by atoms with Gasteiger partial charge in [0.25, 0.3) is 0 Å². The molecule has 13 heavy (non-hydrogen) atoms. The minimum Gasteiger partial charge on any atom is -0.497 e. The zero-order valence-electron chi connectivity index (χ0n) is 7.74. The lowest BCUT2D eigenvalue weighted by atomic mass is 10.3. The normalized spacial score (nSPS) is 9.38. The van der Waals surface area contributed by atoms with E-state index in [9.17, 15) is 4.79 Å². The molecule has 0 spiro atoms. The fourth-order valence-electron chi connectivity index (χ4n) is 0.847. The maximum Gasteiger partial charge on any atom is 0.310 e. The summed E-state index contributed by atoms with van der Waals surface area (Å²) >= 11 is 0. The van der Waals surface area contributed by atoms with Gasteiger partial charge in [0.05, 0.1) is 7.11 Å². The van der Waals surface area contributed by atoms with Crippen molar-refractivity contribution in [3.05, 3.63) is 24.3 Å². The third-order valence-electron chi connectivity index (χ3n) is 1.58. The standard InChI is InChI=1S/C10H12O3/c1-3-10(11)13-9-6-4-8(12-2)5-7-9/h4-7H,3H2,1-2H3. The van der Waals surface area contributed by atoms with Crippen LogP contribution in [0.3, 0.4) is 0 Å². The second-order valence-electron chi connectivity index (χ2n) is 2.50. The molecule has 0 amide bonds. The molecule has 0 heterocycles. The molecule has 0 aliphatic carbocycles. The van der Waals surface area contributed by atoms with E-state index in [1.807, 2.05) is 0 Å². The zero-order chi connectivity index (χ0) is 9.68. The maximum atomic E-state index is 10.9. The molecule has 0 fully saturated rings. The highest BCUT2D eigenvalue weighted by Gasteiger charge is 2.00. The number of hydrogen-bond acceptors (Lipinski definition) is 3. The molecule has 3 nitrogen and oxygen atoms in total. The number of rotatable bonds is 3. The lowest BCUT2D eigenvalue weighted by molar-refractivity contribution is -0.134. The van der Waals surface area contributed by atoms with Crippen LogP contribution in [0.1, 0.15) is 13.3 Å². The first-order valence-corrected chi connectivity index (χ1v) is 4.11. The Kier molecular flexibility index (Phi) is 3.31. The Morgan fingerprint density at radius 2 is 1.77 bits per heavy atom. The summed E-state index contributed by atoms with van der Waals surface area (Å²) < 4.78 is 9.93. The van der Waals surface area contributed by atoms with Crippen LogP contribution in [0.4, 0.5) is 0 Å². The molecule has 0 saturated heterocycles. The quantitative estimate of drug-likeness (QED) is 0.527. The fourth-order valence-corrected chi connectivity index (χ4v) is 0.847. The van der Waals surface area contributed by atoms with Crippen LogP contribution < -0.4 is 9.47 Å². The molecule has 0 radical (unpaired) electrons. The smallest absolute Gasteiger partial charge is 0.310 e. The van der Waals surface area contributed by atoms with Gasteiger partial charge < -0.3 is 9.47 Å². The average Bonchev–Trinajstić information content (AvgIpc) is 2.19. The first-order chi connectivity index (χ1) is 6.26. The Bertz CT molecular complexity index is 277. The molecule has 0 aliphatic heterocycles. The van der Waals surface area contributed by atoms with Crippen molar-refractivity contribution in [2.75, 3.05) is 7.11 Å². The summed E-state index contributed by atoms with van der Waals surface area (Å²) in [6.45, 7) is 1.76. The van der Waals surface area contributed by atoms with Crippen LogP contribution in [0.2, 0.25) is 0 Å². The monoisotopic (exact) mass is 180 g/mol. The molecule has 0 unspecified atom stereocenters. The lowest BCUT2D eigenvalue weighted by Gasteiger charge is -2.03. The van der Waals surface area contributed by atoms with E-state index in [-0.39, 0.29) is 5.97 Å². The van der Waals surface area contributed by atoms with Crippen molar-refractivity contribution in [2.24, 2.45) is 0 Å². The summed E-state index contributed by atoms with van der Waals surface area (Å²) in [6.07, 6.45) is 0.381. The van der Waals surface area contributed by atoms with Gasteiger partial charge in [-0.1, -0.05) is 6.92 Å². The van der Waals surface area contributed by atoms with Crippen molar-refractivity contribution in [1.29, 1.82) is 0 Å². The largest absolute Gasteiger partial charge is 0.497 e. The number of ether oxygens (including phenoxy) is 2. The molecule has 0 aliphatic rings. The molecule has 1 aromatic carbocycles. The Labute approximate surface area is 77.3 Å². The summed E-state index contributed by atoms with van der Waals surface area (Å²) in [5.41, 5.74) is 0. The summed E-state index contributed by atoms with van der Waals surface area (Å²) in [5, 5.41) is 0. The maximum absolute atomic E-state index is 10.9. The van der Waals surface area contributed by atoms with Gasteiger partial charge in [0.2, 0.25) is 0 Å². The number of carbonyl (C=O) groups is 1. The highest BCUT2D eigenvalue weighted by molar-refractivity contribution is 5.71. The van der Waals surface area contributed by atoms with Gasteiger partial charge in [-0.3, -0.25) is 4.79 Å². The minimum atomic E-state index is -0.231. The third kappa shape index (κ3) is 2.78. The molecule has 1 aromatic rings. The number of benzene rings is 1. The molecule has 3 heteroatoms. The van der Waals surface area contributed by atoms with Crippen LogP contribution in [-0.2, 0) is 4.79 Å². The van der Waals surface area contributed by atoms with Gasteiger partial charge in [-0.25, -0.2) is 0 Å². The van der Waals surface area contributed by atoms with Crippen molar-refractivity contribution in [1.82, 2.24) is 0 Å². The van der Waals surface area contributed by atoms with Crippen LogP contribution in [0.25, 0.3) is 0 Å². The van der Waals surface area contributed by atoms with E-state index < -0.39 is 0 Å². The van der Waals surface area contributed by atoms with Crippen LogP contribution in [0.15, 0.2) is 24.3 Å². The van der Waals surface area contributed by atoms with Crippen molar-refractivity contribution in [3.63, 3.8) is 0 Å². The molecular formula is C10H12O3. The zero-order valence-corrected chi connectivity index (χ0v) is 7.74. The van der Waals surface area contributed by atoms with E-state index in [1.54, 1.807) is 38.3 Å². The lowest BCUT2D eigenvalue weighted by Crippen LogP contribution is -2.05. The predicted octanol–water partition coefficient (Wildman–Crippen LogP) is 2.01. The molecule has 0 aromatic heterocycles. The summed E-state index contributed by atoms with van der Waals surface area (Å²) in [4.78, 5) is 10.9. The summed E-state index contributed by atoms with van der Waals surface area (Å²) in [5.74, 6) is 1.06. The summed E-state index contributed by atoms with van der Waals surface area (Å²) in [6, 6.07) is 6.90. The van der Waals surface area contributed by atoms with Crippen molar-refractivity contribution in [2.45, 2.75) is 13.3 Å². The SMILES string of the molecule is CCC(=O)Oc1ccc(OC)cc1. The second kappa shape index (κ2) is 4.50. The predicted molar refractivity (Wildman–Crippen MR) is 48.9 cm³/mol. The highest BCUT2D eigenvalue weighted by atomic mass is 16.5. The van der Waals surface area contributed by atoms with Gasteiger partial charge >= 0.3 is 5.97 Å². The molecule has 0 atom stereocenters. The van der Waals surface area contributed by atoms with E-state index in [0.29, 0.717) is 12.2 Å². The van der Waals surface area contributed by atoms with E-state index in [4.69, 9.17) is 9.47 Å². The average molecular weight is 180 g/mol. The van der Waals surface area contributed by atoms with Gasteiger partial charge in [0.1, 0.15) is 11.5 Å². The van der Waals surface area contributed by atoms with Crippen molar-refractivity contribution < 1.29 is 14.3 Å². The molecular weight excluding hydrogens is 168 g/mol. The Morgan fingerprint density at radius 3 is 2.23 bits per heavy atom. The molecule has 0 saturated carbocycles. The first kappa shape index (κ1) is 9.58. The Hall–Kier alpha value is -1.51. The number of carbonyl (C=O) groups excluding carboxylic acids is 1. The second-order valence-corrected chi connectivity index (χ2v) is 2.50. The van der Waals surface area contributed by atoms with Crippen molar-refractivity contribution in [3.8, 4) is 11.5 Å². The van der Waals surface area contributed by atoms with E-state index >= 15 is 0 Å². The molecule has 0 N–H and O–H groups in total. The summed E-state index contributed by atoms with van der Waals surface area (Å²) in [7, 11) is 1.59. The van der Waals surface area contributed by atoms with Gasteiger partial charge in [0, 0.05) is 6.42 Å². The fraction of sp³-hybridized carbons (Fsp3) is 0.300.